The van der Waals surface area contributed by atoms with Gasteiger partial charge in [-0.1, -0.05) is 0 Å². The van der Waals surface area contributed by atoms with Crippen molar-refractivity contribution in [3.63, 3.8) is 0 Å². The van der Waals surface area contributed by atoms with Crippen molar-refractivity contribution in [3.8, 4) is 11.5 Å². The number of carbonyl (C=O) groups is 1. The fourth-order valence-electron chi connectivity index (χ4n) is 2.44. The highest BCUT2D eigenvalue weighted by molar-refractivity contribution is 5.92. The SMILES string of the molecule is COc1ccc(OCCNC(=O)c2cc(C)nc(NCc3ccco3)n2)cc1. The molecule has 3 aromatic rings. The number of methoxy groups -OCH3 is 1. The van der Waals surface area contributed by atoms with E-state index in [1.54, 1.807) is 25.5 Å². The molecule has 0 radical (unpaired) electrons. The first kappa shape index (κ1) is 19.2. The zero-order valence-corrected chi connectivity index (χ0v) is 15.8. The number of hydrogen-bond acceptors (Lipinski definition) is 7. The van der Waals surface area contributed by atoms with E-state index in [0.717, 1.165) is 11.5 Å². The van der Waals surface area contributed by atoms with E-state index in [-0.39, 0.29) is 5.91 Å². The number of anilines is 1. The van der Waals surface area contributed by atoms with Gasteiger partial charge in [0.05, 0.1) is 26.5 Å². The summed E-state index contributed by atoms with van der Waals surface area (Å²) in [5.41, 5.74) is 0.982. The lowest BCUT2D eigenvalue weighted by molar-refractivity contribution is 0.0942. The Kier molecular flexibility index (Phi) is 6.46. The third-order valence-electron chi connectivity index (χ3n) is 3.80. The average molecular weight is 382 g/mol. The van der Waals surface area contributed by atoms with Crippen molar-refractivity contribution in [3.05, 3.63) is 65.9 Å². The number of carbonyl (C=O) groups excluding carboxylic acids is 1. The lowest BCUT2D eigenvalue weighted by Gasteiger charge is -2.09. The minimum atomic E-state index is -0.287. The number of rotatable bonds is 9. The highest BCUT2D eigenvalue weighted by Crippen LogP contribution is 2.16. The molecule has 0 saturated carbocycles. The van der Waals surface area contributed by atoms with Crippen LogP contribution in [0.5, 0.6) is 11.5 Å². The van der Waals surface area contributed by atoms with Gasteiger partial charge in [-0.2, -0.15) is 0 Å². The second-order valence-corrected chi connectivity index (χ2v) is 5.93. The van der Waals surface area contributed by atoms with Crippen LogP contribution in [0.25, 0.3) is 0 Å². The largest absolute Gasteiger partial charge is 0.497 e. The standard InChI is InChI=1S/C20H22N4O4/c1-14-12-18(24-20(23-14)22-13-17-4-3-10-27-17)19(25)21-9-11-28-16-7-5-15(26-2)6-8-16/h3-8,10,12H,9,11,13H2,1-2H3,(H,21,25)(H,22,23,24). The van der Waals surface area contributed by atoms with Crippen molar-refractivity contribution in [1.29, 1.82) is 0 Å². The van der Waals surface area contributed by atoms with Gasteiger partial charge in [-0.3, -0.25) is 4.79 Å². The summed E-state index contributed by atoms with van der Waals surface area (Å²) in [6.07, 6.45) is 1.60. The van der Waals surface area contributed by atoms with Gasteiger partial charge in [-0.15, -0.1) is 0 Å². The third kappa shape index (κ3) is 5.47. The minimum Gasteiger partial charge on any atom is -0.497 e. The topological polar surface area (TPSA) is 98.5 Å². The van der Waals surface area contributed by atoms with E-state index >= 15 is 0 Å². The van der Waals surface area contributed by atoms with Crippen LogP contribution in [0, 0.1) is 6.92 Å². The molecule has 2 aromatic heterocycles. The van der Waals surface area contributed by atoms with Crippen molar-refractivity contribution in [2.75, 3.05) is 25.6 Å². The first-order valence-corrected chi connectivity index (χ1v) is 8.81. The van der Waals surface area contributed by atoms with Crippen LogP contribution in [-0.4, -0.2) is 36.1 Å². The van der Waals surface area contributed by atoms with E-state index in [1.165, 1.54) is 0 Å². The monoisotopic (exact) mass is 382 g/mol. The van der Waals surface area contributed by atoms with E-state index in [4.69, 9.17) is 13.9 Å². The quantitative estimate of drug-likeness (QED) is 0.549. The molecule has 1 amide bonds. The molecular weight excluding hydrogens is 360 g/mol. The summed E-state index contributed by atoms with van der Waals surface area (Å²) in [5, 5.41) is 5.84. The molecule has 2 heterocycles. The molecule has 0 aliphatic carbocycles. The number of aryl methyl sites for hydroxylation is 1. The van der Waals surface area contributed by atoms with E-state index in [9.17, 15) is 4.79 Å². The molecule has 3 rings (SSSR count). The molecule has 0 unspecified atom stereocenters. The predicted octanol–water partition coefficient (Wildman–Crippen LogP) is 2.81. The predicted molar refractivity (Wildman–Crippen MR) is 104 cm³/mol. The Morgan fingerprint density at radius 1 is 1.14 bits per heavy atom. The van der Waals surface area contributed by atoms with Gasteiger partial charge in [0.15, 0.2) is 0 Å². The number of ether oxygens (including phenoxy) is 2. The number of amides is 1. The summed E-state index contributed by atoms with van der Waals surface area (Å²) < 4.78 is 16.0. The van der Waals surface area contributed by atoms with E-state index in [2.05, 4.69) is 20.6 Å². The molecule has 146 valence electrons. The lowest BCUT2D eigenvalue weighted by Crippen LogP contribution is -2.29. The van der Waals surface area contributed by atoms with Gasteiger partial charge in [-0.05, 0) is 49.4 Å². The summed E-state index contributed by atoms with van der Waals surface area (Å²) in [7, 11) is 1.61. The first-order valence-electron chi connectivity index (χ1n) is 8.81. The van der Waals surface area contributed by atoms with Crippen molar-refractivity contribution < 1.29 is 18.7 Å². The second kappa shape index (κ2) is 9.40. The third-order valence-corrected chi connectivity index (χ3v) is 3.80. The Labute approximate surface area is 162 Å². The normalized spacial score (nSPS) is 10.4. The van der Waals surface area contributed by atoms with Crippen LogP contribution in [0.3, 0.4) is 0 Å². The summed E-state index contributed by atoms with van der Waals surface area (Å²) >= 11 is 0. The van der Waals surface area contributed by atoms with Crippen molar-refractivity contribution in [2.45, 2.75) is 13.5 Å². The Balaban J connectivity index is 1.49. The summed E-state index contributed by atoms with van der Waals surface area (Å²) in [5.74, 6) is 2.31. The van der Waals surface area contributed by atoms with Gasteiger partial charge in [0.25, 0.3) is 5.91 Å². The molecule has 0 aliphatic rings. The lowest BCUT2D eigenvalue weighted by atomic mass is 10.3. The second-order valence-electron chi connectivity index (χ2n) is 5.93. The number of benzene rings is 1. The van der Waals surface area contributed by atoms with E-state index in [0.29, 0.717) is 42.8 Å². The fraction of sp³-hybridized carbons (Fsp3) is 0.250. The van der Waals surface area contributed by atoms with E-state index in [1.807, 2.05) is 37.3 Å². The Morgan fingerprint density at radius 3 is 2.64 bits per heavy atom. The number of hydrogen-bond donors (Lipinski definition) is 2. The Hall–Kier alpha value is -3.55. The van der Waals surface area contributed by atoms with Crippen LogP contribution in [0.1, 0.15) is 21.9 Å². The highest BCUT2D eigenvalue weighted by atomic mass is 16.5. The fourth-order valence-corrected chi connectivity index (χ4v) is 2.44. The molecule has 28 heavy (non-hydrogen) atoms. The smallest absolute Gasteiger partial charge is 0.270 e. The van der Waals surface area contributed by atoms with Crippen LogP contribution in [-0.2, 0) is 6.54 Å². The molecule has 0 bridgehead atoms. The van der Waals surface area contributed by atoms with Gasteiger partial charge in [-0.25, -0.2) is 9.97 Å². The molecule has 1 aromatic carbocycles. The number of nitrogens with one attached hydrogen (secondary N) is 2. The summed E-state index contributed by atoms with van der Waals surface area (Å²) in [6.45, 7) is 2.94. The Bertz CT molecular complexity index is 895. The van der Waals surface area contributed by atoms with Crippen molar-refractivity contribution in [2.24, 2.45) is 0 Å². The number of aromatic nitrogens is 2. The van der Waals surface area contributed by atoms with Crippen LogP contribution < -0.4 is 20.1 Å². The van der Waals surface area contributed by atoms with Gasteiger partial charge >= 0.3 is 0 Å². The van der Waals surface area contributed by atoms with Crippen LogP contribution in [0.15, 0.2) is 53.1 Å². The Morgan fingerprint density at radius 2 is 1.93 bits per heavy atom. The van der Waals surface area contributed by atoms with Crippen LogP contribution >= 0.6 is 0 Å². The van der Waals surface area contributed by atoms with Gasteiger partial charge < -0.3 is 24.5 Å². The first-order chi connectivity index (χ1) is 13.6. The average Bonchev–Trinajstić information content (AvgIpc) is 3.23. The van der Waals surface area contributed by atoms with Crippen molar-refractivity contribution in [1.82, 2.24) is 15.3 Å². The summed E-state index contributed by atoms with van der Waals surface area (Å²) in [6, 6.07) is 12.5. The zero-order chi connectivity index (χ0) is 19.8. The van der Waals surface area contributed by atoms with Gasteiger partial charge in [0.1, 0.15) is 29.6 Å². The molecule has 8 heteroatoms. The molecular formula is C20H22N4O4. The molecule has 0 aliphatic heterocycles. The minimum absolute atomic E-state index is 0.287. The molecule has 2 N–H and O–H groups in total. The summed E-state index contributed by atoms with van der Waals surface area (Å²) in [4.78, 5) is 20.9. The maximum atomic E-state index is 12.4. The highest BCUT2D eigenvalue weighted by Gasteiger charge is 2.10. The van der Waals surface area contributed by atoms with E-state index < -0.39 is 0 Å². The van der Waals surface area contributed by atoms with Gasteiger partial charge in [0.2, 0.25) is 5.95 Å². The molecule has 0 spiro atoms. The molecule has 0 atom stereocenters. The zero-order valence-electron chi connectivity index (χ0n) is 15.8. The van der Waals surface area contributed by atoms with Gasteiger partial charge in [0, 0.05) is 5.69 Å². The maximum Gasteiger partial charge on any atom is 0.270 e. The number of nitrogens with zero attached hydrogens (tertiary/aromatic N) is 2. The molecule has 0 saturated heterocycles. The van der Waals surface area contributed by atoms with Crippen LogP contribution in [0.4, 0.5) is 5.95 Å². The molecule has 8 nitrogen and oxygen atoms in total. The molecule has 0 fully saturated rings. The van der Waals surface area contributed by atoms with Crippen LogP contribution in [0.2, 0.25) is 0 Å². The maximum absolute atomic E-state index is 12.4. The number of furan rings is 1. The van der Waals surface area contributed by atoms with Crippen molar-refractivity contribution >= 4 is 11.9 Å².